The maximum absolute atomic E-state index is 11.8. The molecule has 0 aliphatic carbocycles. The van der Waals surface area contributed by atoms with Gasteiger partial charge >= 0.3 is 0 Å². The first-order valence-corrected chi connectivity index (χ1v) is 7.41. The number of nitrogens with one attached hydrogen (secondary N) is 1. The number of aromatic nitrogens is 2. The molecular formula is C16H21N3O3. The highest BCUT2D eigenvalue weighted by Gasteiger charge is 2.09. The number of phenolic OH excluding ortho intramolecular Hbond substituents is 1. The molecule has 22 heavy (non-hydrogen) atoms. The first-order chi connectivity index (χ1) is 10.5. The standard InChI is InChI=1S/C16H21N3O3/c1-11(2)16-18-15(22-19-16)9-10-17-14(21)8-5-12-3-6-13(20)7-4-12/h3-4,6-7,11,20H,5,8-10H2,1-2H3,(H,17,21). The second-order valence-corrected chi connectivity index (χ2v) is 5.47. The fraction of sp³-hybridized carbons (Fsp3) is 0.438. The predicted molar refractivity (Wildman–Crippen MR) is 81.5 cm³/mol. The number of hydrogen-bond donors (Lipinski definition) is 2. The monoisotopic (exact) mass is 303 g/mol. The van der Waals surface area contributed by atoms with E-state index < -0.39 is 0 Å². The summed E-state index contributed by atoms with van der Waals surface area (Å²) in [6, 6.07) is 6.87. The van der Waals surface area contributed by atoms with Crippen LogP contribution in [-0.4, -0.2) is 27.7 Å². The predicted octanol–water partition coefficient (Wildman–Crippen LogP) is 2.19. The number of aromatic hydroxyl groups is 1. The topological polar surface area (TPSA) is 88.2 Å². The van der Waals surface area contributed by atoms with Gasteiger partial charge in [-0.1, -0.05) is 31.1 Å². The van der Waals surface area contributed by atoms with E-state index in [0.29, 0.717) is 37.5 Å². The second-order valence-electron chi connectivity index (χ2n) is 5.47. The van der Waals surface area contributed by atoms with Crippen LogP contribution in [0.5, 0.6) is 5.75 Å². The van der Waals surface area contributed by atoms with E-state index in [1.165, 1.54) is 0 Å². The van der Waals surface area contributed by atoms with Crippen LogP contribution in [0.3, 0.4) is 0 Å². The molecule has 6 nitrogen and oxygen atoms in total. The van der Waals surface area contributed by atoms with Crippen molar-refractivity contribution in [3.63, 3.8) is 0 Å². The second kappa shape index (κ2) is 7.59. The summed E-state index contributed by atoms with van der Waals surface area (Å²) in [5.74, 6) is 1.68. The van der Waals surface area contributed by atoms with Gasteiger partial charge in [0.05, 0.1) is 0 Å². The average molecular weight is 303 g/mol. The third-order valence-electron chi connectivity index (χ3n) is 3.24. The van der Waals surface area contributed by atoms with Crippen LogP contribution in [0.15, 0.2) is 28.8 Å². The van der Waals surface area contributed by atoms with Crippen LogP contribution in [0.1, 0.15) is 43.5 Å². The number of aryl methyl sites for hydroxylation is 1. The van der Waals surface area contributed by atoms with Gasteiger partial charge in [0.25, 0.3) is 0 Å². The molecule has 6 heteroatoms. The molecular weight excluding hydrogens is 282 g/mol. The Morgan fingerprint density at radius 2 is 2.00 bits per heavy atom. The van der Waals surface area contributed by atoms with Crippen LogP contribution < -0.4 is 5.32 Å². The maximum Gasteiger partial charge on any atom is 0.228 e. The summed E-state index contributed by atoms with van der Waals surface area (Å²) < 4.78 is 5.11. The van der Waals surface area contributed by atoms with Crippen molar-refractivity contribution in [1.29, 1.82) is 0 Å². The van der Waals surface area contributed by atoms with E-state index in [9.17, 15) is 9.90 Å². The largest absolute Gasteiger partial charge is 0.508 e. The highest BCUT2D eigenvalue weighted by molar-refractivity contribution is 5.76. The molecule has 0 fully saturated rings. The van der Waals surface area contributed by atoms with Crippen molar-refractivity contribution >= 4 is 5.91 Å². The lowest BCUT2D eigenvalue weighted by atomic mass is 10.1. The zero-order valence-corrected chi connectivity index (χ0v) is 12.9. The van der Waals surface area contributed by atoms with E-state index in [1.54, 1.807) is 12.1 Å². The Labute approximate surface area is 129 Å². The number of nitrogens with zero attached hydrogens (tertiary/aromatic N) is 2. The van der Waals surface area contributed by atoms with E-state index >= 15 is 0 Å². The lowest BCUT2D eigenvalue weighted by Gasteiger charge is -2.04. The summed E-state index contributed by atoms with van der Waals surface area (Å²) >= 11 is 0. The van der Waals surface area contributed by atoms with Gasteiger partial charge in [-0.3, -0.25) is 4.79 Å². The Hall–Kier alpha value is -2.37. The molecule has 1 aromatic carbocycles. The van der Waals surface area contributed by atoms with Crippen LogP contribution in [-0.2, 0) is 17.6 Å². The van der Waals surface area contributed by atoms with Gasteiger partial charge in [-0.05, 0) is 24.1 Å². The molecule has 0 saturated heterocycles. The molecule has 0 bridgehead atoms. The van der Waals surface area contributed by atoms with E-state index in [0.717, 1.165) is 5.56 Å². The molecule has 0 unspecified atom stereocenters. The molecule has 1 amide bonds. The smallest absolute Gasteiger partial charge is 0.228 e. The number of carbonyl (C=O) groups excluding carboxylic acids is 1. The van der Waals surface area contributed by atoms with Crippen molar-refractivity contribution in [1.82, 2.24) is 15.5 Å². The number of amides is 1. The summed E-state index contributed by atoms with van der Waals surface area (Å²) in [4.78, 5) is 16.0. The van der Waals surface area contributed by atoms with Crippen molar-refractivity contribution < 1.29 is 14.4 Å². The van der Waals surface area contributed by atoms with E-state index in [4.69, 9.17) is 4.52 Å². The summed E-state index contributed by atoms with van der Waals surface area (Å²) in [6.45, 7) is 4.48. The summed E-state index contributed by atoms with van der Waals surface area (Å²) in [5, 5.41) is 15.9. The Morgan fingerprint density at radius 3 is 2.64 bits per heavy atom. The van der Waals surface area contributed by atoms with Crippen LogP contribution in [0.25, 0.3) is 0 Å². The average Bonchev–Trinajstić information content (AvgIpc) is 2.96. The minimum atomic E-state index is -0.0170. The Morgan fingerprint density at radius 1 is 1.27 bits per heavy atom. The van der Waals surface area contributed by atoms with Gasteiger partial charge in [0, 0.05) is 25.3 Å². The minimum absolute atomic E-state index is 0.0170. The number of benzene rings is 1. The first-order valence-electron chi connectivity index (χ1n) is 7.41. The molecule has 0 aliphatic heterocycles. The van der Waals surface area contributed by atoms with Crippen molar-refractivity contribution in [2.24, 2.45) is 0 Å². The van der Waals surface area contributed by atoms with Gasteiger partial charge < -0.3 is 14.9 Å². The summed E-state index contributed by atoms with van der Waals surface area (Å²) in [5.41, 5.74) is 1.02. The molecule has 2 rings (SSSR count). The SMILES string of the molecule is CC(C)c1noc(CCNC(=O)CCc2ccc(O)cc2)n1. The van der Waals surface area contributed by atoms with Crippen LogP contribution in [0.4, 0.5) is 0 Å². The molecule has 1 aromatic heterocycles. The minimum Gasteiger partial charge on any atom is -0.508 e. The van der Waals surface area contributed by atoms with Gasteiger partial charge in [-0.15, -0.1) is 0 Å². The number of hydrogen-bond acceptors (Lipinski definition) is 5. The number of phenols is 1. The third kappa shape index (κ3) is 4.87. The maximum atomic E-state index is 11.8. The Bertz CT molecular complexity index is 605. The van der Waals surface area contributed by atoms with Gasteiger partial charge in [0.15, 0.2) is 5.82 Å². The van der Waals surface area contributed by atoms with Crippen molar-refractivity contribution in [3.05, 3.63) is 41.5 Å². The number of rotatable bonds is 7. The zero-order chi connectivity index (χ0) is 15.9. The van der Waals surface area contributed by atoms with E-state index in [1.807, 2.05) is 26.0 Å². The third-order valence-corrected chi connectivity index (χ3v) is 3.24. The van der Waals surface area contributed by atoms with Gasteiger partial charge in [-0.25, -0.2) is 0 Å². The van der Waals surface area contributed by atoms with Crippen LogP contribution >= 0.6 is 0 Å². The molecule has 2 N–H and O–H groups in total. The first kappa shape index (κ1) is 16.0. The Kier molecular flexibility index (Phi) is 5.52. The molecule has 0 saturated carbocycles. The van der Waals surface area contributed by atoms with Gasteiger partial charge in [-0.2, -0.15) is 4.98 Å². The Balaban J connectivity index is 1.68. The molecule has 118 valence electrons. The highest BCUT2D eigenvalue weighted by atomic mass is 16.5. The van der Waals surface area contributed by atoms with E-state index in [2.05, 4.69) is 15.5 Å². The number of carbonyl (C=O) groups is 1. The normalized spacial score (nSPS) is 10.9. The molecule has 0 radical (unpaired) electrons. The van der Waals surface area contributed by atoms with E-state index in [-0.39, 0.29) is 17.6 Å². The summed E-state index contributed by atoms with van der Waals surface area (Å²) in [6.07, 6.45) is 1.58. The lowest BCUT2D eigenvalue weighted by Crippen LogP contribution is -2.25. The quantitative estimate of drug-likeness (QED) is 0.818. The van der Waals surface area contributed by atoms with Crippen molar-refractivity contribution in [3.8, 4) is 5.75 Å². The van der Waals surface area contributed by atoms with Crippen molar-refractivity contribution in [2.45, 2.75) is 39.0 Å². The van der Waals surface area contributed by atoms with Gasteiger partial charge in [0.1, 0.15) is 5.75 Å². The summed E-state index contributed by atoms with van der Waals surface area (Å²) in [7, 11) is 0. The fourth-order valence-electron chi connectivity index (χ4n) is 1.92. The fourth-order valence-corrected chi connectivity index (χ4v) is 1.92. The zero-order valence-electron chi connectivity index (χ0n) is 12.9. The highest BCUT2D eigenvalue weighted by Crippen LogP contribution is 2.11. The molecule has 0 spiro atoms. The van der Waals surface area contributed by atoms with Gasteiger partial charge in [0.2, 0.25) is 11.8 Å². The van der Waals surface area contributed by atoms with Crippen LogP contribution in [0.2, 0.25) is 0 Å². The molecule has 0 atom stereocenters. The molecule has 1 heterocycles. The molecule has 0 aliphatic rings. The van der Waals surface area contributed by atoms with Crippen LogP contribution in [0, 0.1) is 0 Å². The van der Waals surface area contributed by atoms with Crippen molar-refractivity contribution in [2.75, 3.05) is 6.54 Å². The lowest BCUT2D eigenvalue weighted by molar-refractivity contribution is -0.121. The molecule has 2 aromatic rings.